The average molecular weight is 321 g/mol. The van der Waals surface area contributed by atoms with Crippen LogP contribution in [0.25, 0.3) is 11.0 Å². The molecule has 0 saturated carbocycles. The smallest absolute Gasteiger partial charge is 0.385 e. The number of fused-ring (bicyclic) bond motifs is 1. The zero-order valence-corrected chi connectivity index (χ0v) is 12.0. The van der Waals surface area contributed by atoms with Gasteiger partial charge in [0.15, 0.2) is 0 Å². The normalized spacial score (nSPS) is 11.8. The fourth-order valence-electron chi connectivity index (χ4n) is 2.35. The summed E-state index contributed by atoms with van der Waals surface area (Å²) in [5.74, 6) is 0. The molecule has 3 aromatic rings. The Morgan fingerprint density at radius 2 is 1.65 bits per heavy atom. The fourth-order valence-corrected chi connectivity index (χ4v) is 2.35. The minimum Gasteiger partial charge on any atom is -0.385 e. The number of aromatic nitrogens is 2. The van der Waals surface area contributed by atoms with Crippen LogP contribution in [0, 0.1) is 0 Å². The molecule has 3 N–H and O–H groups in total. The summed E-state index contributed by atoms with van der Waals surface area (Å²) >= 11 is 0. The van der Waals surface area contributed by atoms with Crippen LogP contribution in [0.2, 0.25) is 0 Å². The molecule has 1 heterocycles. The first-order valence-corrected chi connectivity index (χ1v) is 7.04. The van der Waals surface area contributed by atoms with Crippen molar-refractivity contribution in [3.8, 4) is 0 Å². The zero-order chi connectivity index (χ0) is 16.4. The SMILES string of the molecule is O=c1[nH]c2ccc(NCCc3ccc(C(F)(F)F)cc3)cc2[nH]1. The molecule has 0 radical (unpaired) electrons. The molecule has 0 aliphatic rings. The molecule has 1 aromatic heterocycles. The van der Waals surface area contributed by atoms with E-state index in [1.165, 1.54) is 12.1 Å². The van der Waals surface area contributed by atoms with Gasteiger partial charge >= 0.3 is 11.9 Å². The maximum atomic E-state index is 12.5. The fraction of sp³-hybridized carbons (Fsp3) is 0.188. The van der Waals surface area contributed by atoms with Crippen molar-refractivity contribution in [2.24, 2.45) is 0 Å². The molecule has 4 nitrogen and oxygen atoms in total. The topological polar surface area (TPSA) is 60.7 Å². The zero-order valence-electron chi connectivity index (χ0n) is 12.0. The Kier molecular flexibility index (Phi) is 3.85. The summed E-state index contributed by atoms with van der Waals surface area (Å²) in [6.07, 6.45) is -3.71. The number of rotatable bonds is 4. The third-order valence-electron chi connectivity index (χ3n) is 3.54. The lowest BCUT2D eigenvalue weighted by Gasteiger charge is -2.09. The predicted molar refractivity (Wildman–Crippen MR) is 82.6 cm³/mol. The van der Waals surface area contributed by atoms with Gasteiger partial charge in [-0.2, -0.15) is 13.2 Å². The molecule has 0 amide bonds. The van der Waals surface area contributed by atoms with Gasteiger partial charge in [0.25, 0.3) is 0 Å². The summed E-state index contributed by atoms with van der Waals surface area (Å²) in [5, 5.41) is 3.18. The van der Waals surface area contributed by atoms with Crippen LogP contribution in [0.1, 0.15) is 11.1 Å². The second kappa shape index (κ2) is 5.83. The van der Waals surface area contributed by atoms with Gasteiger partial charge in [-0.1, -0.05) is 12.1 Å². The van der Waals surface area contributed by atoms with Gasteiger partial charge in [0.05, 0.1) is 16.6 Å². The average Bonchev–Trinajstić information content (AvgIpc) is 2.86. The van der Waals surface area contributed by atoms with Crippen LogP contribution in [0.4, 0.5) is 18.9 Å². The molecule has 120 valence electrons. The van der Waals surface area contributed by atoms with E-state index >= 15 is 0 Å². The minimum absolute atomic E-state index is 0.262. The molecule has 23 heavy (non-hydrogen) atoms. The quantitative estimate of drug-likeness (QED) is 0.688. The lowest BCUT2D eigenvalue weighted by Crippen LogP contribution is -2.07. The molecule has 0 aliphatic heterocycles. The summed E-state index contributed by atoms with van der Waals surface area (Å²) < 4.78 is 37.4. The predicted octanol–water partition coefficient (Wildman–Crippen LogP) is 3.53. The van der Waals surface area contributed by atoms with Gasteiger partial charge < -0.3 is 15.3 Å². The number of benzene rings is 2. The van der Waals surface area contributed by atoms with Crippen LogP contribution in [-0.4, -0.2) is 16.5 Å². The molecule has 7 heteroatoms. The summed E-state index contributed by atoms with van der Waals surface area (Å²) in [6, 6.07) is 10.6. The first kappa shape index (κ1) is 15.2. The van der Waals surface area contributed by atoms with Crippen LogP contribution in [0.3, 0.4) is 0 Å². The van der Waals surface area contributed by atoms with Crippen LogP contribution in [-0.2, 0) is 12.6 Å². The molecular formula is C16H14F3N3O. The first-order valence-electron chi connectivity index (χ1n) is 7.04. The summed E-state index contributed by atoms with van der Waals surface area (Å²) in [5.41, 5.74) is 2.18. The number of aromatic amines is 2. The van der Waals surface area contributed by atoms with E-state index < -0.39 is 11.7 Å². The van der Waals surface area contributed by atoms with E-state index in [1.54, 1.807) is 12.1 Å². The monoisotopic (exact) mass is 321 g/mol. The van der Waals surface area contributed by atoms with Crippen molar-refractivity contribution in [3.05, 3.63) is 64.1 Å². The van der Waals surface area contributed by atoms with Gasteiger partial charge in [-0.15, -0.1) is 0 Å². The van der Waals surface area contributed by atoms with E-state index in [0.29, 0.717) is 18.5 Å². The second-order valence-corrected chi connectivity index (χ2v) is 5.21. The lowest BCUT2D eigenvalue weighted by molar-refractivity contribution is -0.137. The number of hydrogen-bond acceptors (Lipinski definition) is 2. The van der Waals surface area contributed by atoms with E-state index in [9.17, 15) is 18.0 Å². The van der Waals surface area contributed by atoms with E-state index in [0.717, 1.165) is 28.9 Å². The third-order valence-corrected chi connectivity index (χ3v) is 3.54. The van der Waals surface area contributed by atoms with E-state index in [2.05, 4.69) is 15.3 Å². The number of alkyl halides is 3. The standard InChI is InChI=1S/C16H14F3N3O/c17-16(18,19)11-3-1-10(2-4-11)7-8-20-12-5-6-13-14(9-12)22-15(23)21-13/h1-6,9,20H,7-8H2,(H2,21,22,23). The summed E-state index contributed by atoms with van der Waals surface area (Å²) in [4.78, 5) is 16.5. The Balaban J connectivity index is 1.60. The molecule has 2 aromatic carbocycles. The van der Waals surface area contributed by atoms with Crippen molar-refractivity contribution in [1.29, 1.82) is 0 Å². The highest BCUT2D eigenvalue weighted by Crippen LogP contribution is 2.29. The third kappa shape index (κ3) is 3.56. The first-order chi connectivity index (χ1) is 10.9. The Morgan fingerprint density at radius 3 is 2.35 bits per heavy atom. The molecule has 0 spiro atoms. The van der Waals surface area contributed by atoms with Crippen LogP contribution in [0.5, 0.6) is 0 Å². The largest absolute Gasteiger partial charge is 0.416 e. The van der Waals surface area contributed by atoms with Crippen molar-refractivity contribution in [3.63, 3.8) is 0 Å². The van der Waals surface area contributed by atoms with Crippen LogP contribution < -0.4 is 11.0 Å². The van der Waals surface area contributed by atoms with Crippen molar-refractivity contribution < 1.29 is 13.2 Å². The number of nitrogens with one attached hydrogen (secondary N) is 3. The molecule has 3 rings (SSSR count). The molecule has 0 aliphatic carbocycles. The van der Waals surface area contributed by atoms with Gasteiger partial charge in [0.2, 0.25) is 0 Å². The van der Waals surface area contributed by atoms with E-state index in [1.807, 2.05) is 6.07 Å². The van der Waals surface area contributed by atoms with Gasteiger partial charge in [0, 0.05) is 12.2 Å². The van der Waals surface area contributed by atoms with Gasteiger partial charge in [-0.25, -0.2) is 4.79 Å². The van der Waals surface area contributed by atoms with Crippen molar-refractivity contribution in [2.45, 2.75) is 12.6 Å². The number of anilines is 1. The number of H-pyrrole nitrogens is 2. The van der Waals surface area contributed by atoms with Gasteiger partial charge in [-0.05, 0) is 42.3 Å². The maximum absolute atomic E-state index is 12.5. The Morgan fingerprint density at radius 1 is 0.957 bits per heavy atom. The number of imidazole rings is 1. The lowest BCUT2D eigenvalue weighted by atomic mass is 10.1. The highest BCUT2D eigenvalue weighted by atomic mass is 19.4. The van der Waals surface area contributed by atoms with Crippen molar-refractivity contribution >= 4 is 16.7 Å². The highest BCUT2D eigenvalue weighted by Gasteiger charge is 2.29. The Labute approximate surface area is 129 Å². The molecule has 0 fully saturated rings. The number of halogens is 3. The van der Waals surface area contributed by atoms with Crippen LogP contribution in [0.15, 0.2) is 47.3 Å². The maximum Gasteiger partial charge on any atom is 0.416 e. The van der Waals surface area contributed by atoms with Crippen LogP contribution >= 0.6 is 0 Å². The molecule has 0 atom stereocenters. The Bertz CT molecular complexity index is 863. The molecular weight excluding hydrogens is 307 g/mol. The molecule has 0 saturated heterocycles. The Hall–Kier alpha value is -2.70. The van der Waals surface area contributed by atoms with Crippen molar-refractivity contribution in [1.82, 2.24) is 9.97 Å². The van der Waals surface area contributed by atoms with Crippen molar-refractivity contribution in [2.75, 3.05) is 11.9 Å². The van der Waals surface area contributed by atoms with Gasteiger partial charge in [-0.3, -0.25) is 0 Å². The second-order valence-electron chi connectivity index (χ2n) is 5.21. The minimum atomic E-state index is -4.31. The molecule has 0 unspecified atom stereocenters. The van der Waals surface area contributed by atoms with E-state index in [-0.39, 0.29) is 5.69 Å². The number of hydrogen-bond donors (Lipinski definition) is 3. The highest BCUT2D eigenvalue weighted by molar-refractivity contribution is 5.78. The summed E-state index contributed by atoms with van der Waals surface area (Å²) in [7, 11) is 0. The summed E-state index contributed by atoms with van der Waals surface area (Å²) in [6.45, 7) is 0.575. The van der Waals surface area contributed by atoms with E-state index in [4.69, 9.17) is 0 Å². The van der Waals surface area contributed by atoms with Gasteiger partial charge in [0.1, 0.15) is 0 Å². The molecule has 0 bridgehead atoms.